The van der Waals surface area contributed by atoms with Gasteiger partial charge in [0.2, 0.25) is 0 Å². The van der Waals surface area contributed by atoms with Crippen LogP contribution in [0, 0.1) is 11.6 Å². The second kappa shape index (κ2) is 8.07. The lowest BCUT2D eigenvalue weighted by molar-refractivity contribution is -0.918. The minimum atomic E-state index is -0.840. The normalized spacial score (nSPS) is 15.6. The van der Waals surface area contributed by atoms with Crippen molar-refractivity contribution in [2.45, 2.75) is 18.9 Å². The Morgan fingerprint density at radius 3 is 2.32 bits per heavy atom. The van der Waals surface area contributed by atoms with E-state index in [2.05, 4.69) is 29.6 Å². The van der Waals surface area contributed by atoms with E-state index in [4.69, 9.17) is 0 Å². The van der Waals surface area contributed by atoms with Gasteiger partial charge in [0.15, 0.2) is 0 Å². The molecular formula is C23H23F2N2O+. The van der Waals surface area contributed by atoms with Crippen molar-refractivity contribution >= 4 is 16.7 Å². The molecule has 1 atom stereocenters. The Hall–Kier alpha value is -2.79. The van der Waals surface area contributed by atoms with E-state index in [1.165, 1.54) is 11.0 Å². The molecule has 0 saturated carbocycles. The fourth-order valence-electron chi connectivity index (χ4n) is 4.20. The summed E-state index contributed by atoms with van der Waals surface area (Å²) in [5.74, 6) is -2.39. The van der Waals surface area contributed by atoms with Crippen molar-refractivity contribution in [1.82, 2.24) is 5.32 Å². The van der Waals surface area contributed by atoms with E-state index in [1.54, 1.807) is 0 Å². The van der Waals surface area contributed by atoms with Gasteiger partial charge in [0, 0.05) is 18.4 Å². The SMILES string of the molecule is O=C(NC[C@H](c1cccc2ccccc12)[NH+]1CCCC1)c1c(F)cccc1F. The van der Waals surface area contributed by atoms with Gasteiger partial charge in [-0.05, 0) is 22.9 Å². The molecule has 3 aromatic rings. The zero-order valence-corrected chi connectivity index (χ0v) is 15.6. The highest BCUT2D eigenvalue weighted by Crippen LogP contribution is 2.23. The van der Waals surface area contributed by atoms with Gasteiger partial charge in [0.1, 0.15) is 23.2 Å². The number of fused-ring (bicyclic) bond motifs is 1. The molecule has 1 saturated heterocycles. The predicted octanol–water partition coefficient (Wildman–Crippen LogP) is 3.27. The van der Waals surface area contributed by atoms with Gasteiger partial charge in [-0.3, -0.25) is 4.79 Å². The van der Waals surface area contributed by atoms with Crippen LogP contribution in [0.5, 0.6) is 0 Å². The van der Waals surface area contributed by atoms with Gasteiger partial charge in [-0.2, -0.15) is 0 Å². The van der Waals surface area contributed by atoms with Crippen molar-refractivity contribution in [2.75, 3.05) is 19.6 Å². The summed E-state index contributed by atoms with van der Waals surface area (Å²) in [7, 11) is 0. The lowest BCUT2D eigenvalue weighted by Crippen LogP contribution is -3.11. The molecule has 0 aromatic heterocycles. The molecule has 1 aliphatic rings. The Morgan fingerprint density at radius 1 is 0.929 bits per heavy atom. The van der Waals surface area contributed by atoms with Crippen LogP contribution in [0.25, 0.3) is 10.8 Å². The summed E-state index contributed by atoms with van der Waals surface area (Å²) in [6.07, 6.45) is 2.29. The van der Waals surface area contributed by atoms with Crippen LogP contribution in [0.15, 0.2) is 60.7 Å². The van der Waals surface area contributed by atoms with Crippen molar-refractivity contribution in [3.05, 3.63) is 83.4 Å². The molecule has 4 rings (SSSR count). The Labute approximate surface area is 163 Å². The Bertz CT molecular complexity index is 973. The summed E-state index contributed by atoms with van der Waals surface area (Å²) in [6.45, 7) is 2.38. The minimum absolute atomic E-state index is 0.0346. The number of halogens is 2. The number of hydrogen-bond donors (Lipinski definition) is 2. The van der Waals surface area contributed by atoms with E-state index in [9.17, 15) is 13.6 Å². The van der Waals surface area contributed by atoms with E-state index < -0.39 is 23.1 Å². The number of amides is 1. The molecule has 2 N–H and O–H groups in total. The molecule has 3 nitrogen and oxygen atoms in total. The highest BCUT2D eigenvalue weighted by molar-refractivity contribution is 5.94. The van der Waals surface area contributed by atoms with E-state index in [0.717, 1.165) is 54.4 Å². The largest absolute Gasteiger partial charge is 0.345 e. The van der Waals surface area contributed by atoms with Gasteiger partial charge < -0.3 is 10.2 Å². The third-order valence-corrected chi connectivity index (χ3v) is 5.59. The van der Waals surface area contributed by atoms with Crippen LogP contribution in [0.1, 0.15) is 34.8 Å². The molecule has 0 spiro atoms. The van der Waals surface area contributed by atoms with Gasteiger partial charge in [-0.15, -0.1) is 0 Å². The minimum Gasteiger partial charge on any atom is -0.345 e. The second-order valence-corrected chi connectivity index (χ2v) is 7.29. The summed E-state index contributed by atoms with van der Waals surface area (Å²) in [5, 5.41) is 5.08. The van der Waals surface area contributed by atoms with E-state index in [1.807, 2.05) is 18.2 Å². The number of hydrogen-bond acceptors (Lipinski definition) is 1. The Kier molecular flexibility index (Phi) is 5.35. The molecule has 0 unspecified atom stereocenters. The lowest BCUT2D eigenvalue weighted by Gasteiger charge is -2.26. The molecule has 0 aliphatic carbocycles. The van der Waals surface area contributed by atoms with Crippen LogP contribution in [0.3, 0.4) is 0 Å². The fraction of sp³-hybridized carbons (Fsp3) is 0.261. The summed E-state index contributed by atoms with van der Waals surface area (Å²) >= 11 is 0. The summed E-state index contributed by atoms with van der Waals surface area (Å²) in [5.41, 5.74) is 0.639. The first kappa shape index (κ1) is 18.6. The highest BCUT2D eigenvalue weighted by Gasteiger charge is 2.29. The van der Waals surface area contributed by atoms with Crippen LogP contribution in [-0.4, -0.2) is 25.5 Å². The summed E-state index contributed by atoms with van der Waals surface area (Å²) < 4.78 is 27.9. The maximum atomic E-state index is 14.0. The molecule has 1 aliphatic heterocycles. The van der Waals surface area contributed by atoms with Crippen LogP contribution in [0.2, 0.25) is 0 Å². The topological polar surface area (TPSA) is 33.5 Å². The number of benzene rings is 3. The number of nitrogens with one attached hydrogen (secondary N) is 2. The smallest absolute Gasteiger partial charge is 0.257 e. The van der Waals surface area contributed by atoms with Crippen LogP contribution < -0.4 is 10.2 Å². The predicted molar refractivity (Wildman–Crippen MR) is 105 cm³/mol. The van der Waals surface area contributed by atoms with E-state index >= 15 is 0 Å². The molecular weight excluding hydrogens is 358 g/mol. The first-order chi connectivity index (χ1) is 13.6. The summed E-state index contributed by atoms with van der Waals surface area (Å²) in [4.78, 5) is 13.9. The van der Waals surface area contributed by atoms with Crippen molar-refractivity contribution in [3.63, 3.8) is 0 Å². The van der Waals surface area contributed by atoms with Gasteiger partial charge in [0.05, 0.1) is 19.6 Å². The molecule has 0 radical (unpaired) electrons. The number of carbonyl (C=O) groups excluding carboxylic acids is 1. The second-order valence-electron chi connectivity index (χ2n) is 7.29. The lowest BCUT2D eigenvalue weighted by atomic mass is 9.97. The summed E-state index contributed by atoms with van der Waals surface area (Å²) in [6, 6.07) is 17.9. The number of rotatable bonds is 5. The Balaban J connectivity index is 1.63. The fourth-order valence-corrected chi connectivity index (χ4v) is 4.20. The average molecular weight is 381 g/mol. The van der Waals surface area contributed by atoms with E-state index in [-0.39, 0.29) is 6.04 Å². The molecule has 144 valence electrons. The zero-order chi connectivity index (χ0) is 19.5. The molecule has 0 bridgehead atoms. The number of carbonyl (C=O) groups is 1. The van der Waals surface area contributed by atoms with Crippen molar-refractivity contribution in [3.8, 4) is 0 Å². The first-order valence-corrected chi connectivity index (χ1v) is 9.69. The van der Waals surface area contributed by atoms with Crippen molar-refractivity contribution in [2.24, 2.45) is 0 Å². The highest BCUT2D eigenvalue weighted by atomic mass is 19.1. The van der Waals surface area contributed by atoms with Gasteiger partial charge in [0.25, 0.3) is 5.91 Å². The van der Waals surface area contributed by atoms with Gasteiger partial charge in [-0.25, -0.2) is 8.78 Å². The Morgan fingerprint density at radius 2 is 1.57 bits per heavy atom. The molecule has 3 aromatic carbocycles. The van der Waals surface area contributed by atoms with Crippen LogP contribution in [0.4, 0.5) is 8.78 Å². The maximum Gasteiger partial charge on any atom is 0.257 e. The monoisotopic (exact) mass is 381 g/mol. The van der Waals surface area contributed by atoms with Gasteiger partial charge in [-0.1, -0.05) is 48.5 Å². The van der Waals surface area contributed by atoms with E-state index in [0.29, 0.717) is 6.54 Å². The number of likely N-dealkylation sites (tertiary alicyclic amines) is 1. The molecule has 1 amide bonds. The quantitative estimate of drug-likeness (QED) is 0.699. The van der Waals surface area contributed by atoms with Crippen molar-refractivity contribution < 1.29 is 18.5 Å². The standard InChI is InChI=1S/C23H22F2N2O/c24-19-11-6-12-20(25)22(19)23(28)26-15-21(27-13-3-4-14-27)18-10-5-8-16-7-1-2-9-17(16)18/h1-2,5-12,21H,3-4,13-15H2,(H,26,28)/p+1/t21-/m1/s1. The van der Waals surface area contributed by atoms with Gasteiger partial charge >= 0.3 is 0 Å². The third kappa shape index (κ3) is 3.62. The number of quaternary nitrogens is 1. The average Bonchev–Trinajstić information content (AvgIpc) is 3.23. The molecule has 28 heavy (non-hydrogen) atoms. The zero-order valence-electron chi connectivity index (χ0n) is 15.6. The van der Waals surface area contributed by atoms with Crippen LogP contribution in [-0.2, 0) is 0 Å². The molecule has 1 heterocycles. The van der Waals surface area contributed by atoms with Crippen LogP contribution >= 0.6 is 0 Å². The van der Waals surface area contributed by atoms with Crippen molar-refractivity contribution in [1.29, 1.82) is 0 Å². The third-order valence-electron chi connectivity index (χ3n) is 5.59. The molecule has 1 fully saturated rings. The first-order valence-electron chi connectivity index (χ1n) is 9.69. The maximum absolute atomic E-state index is 14.0. The molecule has 5 heteroatoms.